The van der Waals surface area contributed by atoms with Crippen molar-refractivity contribution < 1.29 is 4.79 Å². The van der Waals surface area contributed by atoms with Gasteiger partial charge < -0.3 is 4.90 Å². The number of carbonyl (C=O) groups excluding carboxylic acids is 1. The highest BCUT2D eigenvalue weighted by Gasteiger charge is 2.17. The highest BCUT2D eigenvalue weighted by atomic mass is 16.2. The third kappa shape index (κ3) is 4.52. The normalized spacial score (nSPS) is 10.5. The Hall–Kier alpha value is -2.43. The highest BCUT2D eigenvalue weighted by molar-refractivity contribution is 5.92. The standard InChI is InChI=1S/C18H23N3O2/c1-3-5-13-21-17(22)12-11-16(19-21)18(23)20(4-2)14-15-9-7-6-8-10-15/h6-12H,3-5,13-14H2,1-2H3. The fourth-order valence-corrected chi connectivity index (χ4v) is 2.32. The average Bonchev–Trinajstić information content (AvgIpc) is 2.59. The number of aromatic nitrogens is 2. The predicted molar refractivity (Wildman–Crippen MR) is 90.3 cm³/mol. The Labute approximate surface area is 136 Å². The number of rotatable bonds is 7. The summed E-state index contributed by atoms with van der Waals surface area (Å²) in [6.07, 6.45) is 1.84. The summed E-state index contributed by atoms with van der Waals surface area (Å²) in [5.41, 5.74) is 1.22. The van der Waals surface area contributed by atoms with Gasteiger partial charge in [0.2, 0.25) is 0 Å². The van der Waals surface area contributed by atoms with E-state index >= 15 is 0 Å². The lowest BCUT2D eigenvalue weighted by atomic mass is 10.2. The van der Waals surface area contributed by atoms with Gasteiger partial charge in [-0.2, -0.15) is 5.10 Å². The van der Waals surface area contributed by atoms with E-state index < -0.39 is 0 Å². The Morgan fingerprint density at radius 1 is 1.13 bits per heavy atom. The van der Waals surface area contributed by atoms with Crippen LogP contribution in [-0.4, -0.2) is 27.1 Å². The summed E-state index contributed by atoms with van der Waals surface area (Å²) in [6.45, 7) is 5.66. The third-order valence-corrected chi connectivity index (χ3v) is 3.69. The van der Waals surface area contributed by atoms with Crippen LogP contribution in [0.25, 0.3) is 0 Å². The molecule has 0 aliphatic heterocycles. The van der Waals surface area contributed by atoms with Gasteiger partial charge in [-0.25, -0.2) is 4.68 Å². The van der Waals surface area contributed by atoms with E-state index in [4.69, 9.17) is 0 Å². The smallest absolute Gasteiger partial charge is 0.274 e. The van der Waals surface area contributed by atoms with Crippen LogP contribution in [0.15, 0.2) is 47.3 Å². The Morgan fingerprint density at radius 2 is 1.87 bits per heavy atom. The van der Waals surface area contributed by atoms with Crippen LogP contribution >= 0.6 is 0 Å². The van der Waals surface area contributed by atoms with E-state index in [1.807, 2.05) is 37.3 Å². The van der Waals surface area contributed by atoms with Gasteiger partial charge in [0, 0.05) is 25.7 Å². The van der Waals surface area contributed by atoms with Crippen molar-refractivity contribution in [2.45, 2.75) is 39.8 Å². The van der Waals surface area contributed by atoms with Gasteiger partial charge in [0.25, 0.3) is 11.5 Å². The minimum absolute atomic E-state index is 0.151. The molecule has 1 heterocycles. The number of unbranched alkanes of at least 4 members (excludes halogenated alkanes) is 1. The fourth-order valence-electron chi connectivity index (χ4n) is 2.32. The fraction of sp³-hybridized carbons (Fsp3) is 0.389. The Kier molecular flexibility index (Phi) is 6.09. The van der Waals surface area contributed by atoms with Gasteiger partial charge >= 0.3 is 0 Å². The number of aryl methyl sites for hydroxylation is 1. The SMILES string of the molecule is CCCCn1nc(C(=O)N(CC)Cc2ccccc2)ccc1=O. The molecule has 23 heavy (non-hydrogen) atoms. The lowest BCUT2D eigenvalue weighted by molar-refractivity contribution is 0.0743. The molecule has 1 aromatic heterocycles. The van der Waals surface area contributed by atoms with Gasteiger partial charge in [-0.1, -0.05) is 43.7 Å². The summed E-state index contributed by atoms with van der Waals surface area (Å²) in [6, 6.07) is 12.8. The van der Waals surface area contributed by atoms with E-state index in [0.717, 1.165) is 18.4 Å². The second-order valence-electron chi connectivity index (χ2n) is 5.44. The lowest BCUT2D eigenvalue weighted by Crippen LogP contribution is -2.33. The van der Waals surface area contributed by atoms with Gasteiger partial charge in [0.15, 0.2) is 0 Å². The van der Waals surface area contributed by atoms with Gasteiger partial charge in [-0.05, 0) is 25.0 Å². The first-order valence-corrected chi connectivity index (χ1v) is 8.07. The monoisotopic (exact) mass is 313 g/mol. The van der Waals surface area contributed by atoms with Crippen molar-refractivity contribution in [3.63, 3.8) is 0 Å². The van der Waals surface area contributed by atoms with Crippen LogP contribution in [0.3, 0.4) is 0 Å². The molecule has 122 valence electrons. The molecule has 0 unspecified atom stereocenters. The zero-order valence-electron chi connectivity index (χ0n) is 13.7. The van der Waals surface area contributed by atoms with Crippen LogP contribution in [0.5, 0.6) is 0 Å². The molecule has 0 saturated heterocycles. The molecule has 0 radical (unpaired) electrons. The Bertz CT molecular complexity index is 695. The summed E-state index contributed by atoms with van der Waals surface area (Å²) in [7, 11) is 0. The maximum atomic E-state index is 12.7. The molecule has 0 aliphatic carbocycles. The lowest BCUT2D eigenvalue weighted by Gasteiger charge is -2.20. The van der Waals surface area contributed by atoms with Crippen LogP contribution < -0.4 is 5.56 Å². The molecule has 0 aliphatic rings. The van der Waals surface area contributed by atoms with Crippen molar-refractivity contribution in [3.05, 3.63) is 64.1 Å². The maximum Gasteiger partial charge on any atom is 0.274 e. The molecule has 1 amide bonds. The molecule has 0 spiro atoms. The minimum Gasteiger partial charge on any atom is -0.333 e. The first kappa shape index (κ1) is 16.9. The maximum absolute atomic E-state index is 12.7. The van der Waals surface area contributed by atoms with E-state index in [1.165, 1.54) is 16.8 Å². The molecule has 0 atom stereocenters. The van der Waals surface area contributed by atoms with Gasteiger partial charge in [0.1, 0.15) is 5.69 Å². The minimum atomic E-state index is -0.166. The van der Waals surface area contributed by atoms with Crippen molar-refractivity contribution in [2.24, 2.45) is 0 Å². The van der Waals surface area contributed by atoms with Gasteiger partial charge in [-0.15, -0.1) is 0 Å². The number of hydrogen-bond donors (Lipinski definition) is 0. The molecule has 0 saturated carbocycles. The van der Waals surface area contributed by atoms with Crippen LogP contribution in [0, 0.1) is 0 Å². The number of benzene rings is 1. The van der Waals surface area contributed by atoms with E-state index in [9.17, 15) is 9.59 Å². The van der Waals surface area contributed by atoms with E-state index in [-0.39, 0.29) is 11.5 Å². The number of amides is 1. The second-order valence-corrected chi connectivity index (χ2v) is 5.44. The molecule has 2 rings (SSSR count). The zero-order valence-corrected chi connectivity index (χ0v) is 13.7. The topological polar surface area (TPSA) is 55.2 Å². The number of hydrogen-bond acceptors (Lipinski definition) is 3. The molecule has 0 bridgehead atoms. The largest absolute Gasteiger partial charge is 0.333 e. The van der Waals surface area contributed by atoms with Crippen molar-refractivity contribution in [1.82, 2.24) is 14.7 Å². The molecule has 0 N–H and O–H groups in total. The molecule has 2 aromatic rings. The van der Waals surface area contributed by atoms with Crippen molar-refractivity contribution >= 4 is 5.91 Å². The molecule has 5 nitrogen and oxygen atoms in total. The highest BCUT2D eigenvalue weighted by Crippen LogP contribution is 2.08. The molecule has 5 heteroatoms. The zero-order chi connectivity index (χ0) is 16.7. The van der Waals surface area contributed by atoms with Crippen LogP contribution in [0.4, 0.5) is 0 Å². The van der Waals surface area contributed by atoms with Crippen molar-refractivity contribution in [2.75, 3.05) is 6.54 Å². The first-order valence-electron chi connectivity index (χ1n) is 8.07. The summed E-state index contributed by atoms with van der Waals surface area (Å²) < 4.78 is 1.38. The number of nitrogens with zero attached hydrogens (tertiary/aromatic N) is 3. The number of carbonyl (C=O) groups is 1. The van der Waals surface area contributed by atoms with E-state index in [0.29, 0.717) is 25.3 Å². The summed E-state index contributed by atoms with van der Waals surface area (Å²) >= 11 is 0. The summed E-state index contributed by atoms with van der Waals surface area (Å²) in [5.74, 6) is -0.151. The average molecular weight is 313 g/mol. The molecular formula is C18H23N3O2. The molecule has 0 fully saturated rings. The van der Waals surface area contributed by atoms with Gasteiger partial charge in [-0.3, -0.25) is 9.59 Å². The van der Waals surface area contributed by atoms with Crippen molar-refractivity contribution in [1.29, 1.82) is 0 Å². The Balaban J connectivity index is 2.18. The van der Waals surface area contributed by atoms with E-state index in [2.05, 4.69) is 12.0 Å². The van der Waals surface area contributed by atoms with Crippen LogP contribution in [0.2, 0.25) is 0 Å². The molecule has 1 aromatic carbocycles. The predicted octanol–water partition coefficient (Wildman–Crippen LogP) is 2.71. The van der Waals surface area contributed by atoms with Crippen molar-refractivity contribution in [3.8, 4) is 0 Å². The Morgan fingerprint density at radius 3 is 2.52 bits per heavy atom. The van der Waals surface area contributed by atoms with E-state index in [1.54, 1.807) is 4.90 Å². The summed E-state index contributed by atoms with van der Waals surface area (Å²) in [5, 5.41) is 4.23. The van der Waals surface area contributed by atoms with Crippen LogP contribution in [0.1, 0.15) is 42.7 Å². The first-order chi connectivity index (χ1) is 11.2. The van der Waals surface area contributed by atoms with Crippen LogP contribution in [-0.2, 0) is 13.1 Å². The summed E-state index contributed by atoms with van der Waals surface area (Å²) in [4.78, 5) is 26.2. The quantitative estimate of drug-likeness (QED) is 0.790. The van der Waals surface area contributed by atoms with Gasteiger partial charge in [0.05, 0.1) is 0 Å². The third-order valence-electron chi connectivity index (χ3n) is 3.69. The second kappa shape index (κ2) is 8.27. The molecular weight excluding hydrogens is 290 g/mol.